The van der Waals surface area contributed by atoms with E-state index in [-0.39, 0.29) is 12.6 Å². The highest BCUT2D eigenvalue weighted by molar-refractivity contribution is 6.33. The summed E-state index contributed by atoms with van der Waals surface area (Å²) in [6, 6.07) is 11.5. The minimum atomic E-state index is -0.403. The molecule has 1 amide bonds. The van der Waals surface area contributed by atoms with Gasteiger partial charge in [-0.2, -0.15) is 0 Å². The van der Waals surface area contributed by atoms with Crippen molar-refractivity contribution in [3.63, 3.8) is 0 Å². The van der Waals surface area contributed by atoms with Gasteiger partial charge in [-0.3, -0.25) is 0 Å². The number of carbonyl (C=O) groups excluding carboxylic acids is 1. The molecule has 3 rings (SSSR count). The normalized spacial score (nSPS) is 12.1. The third-order valence-corrected chi connectivity index (χ3v) is 4.83. The van der Waals surface area contributed by atoms with E-state index in [1.807, 2.05) is 34.9 Å². The minimum absolute atomic E-state index is 0.122. The number of nitrogens with one attached hydrogen (secondary N) is 1. The lowest BCUT2D eigenvalue weighted by Gasteiger charge is -2.16. The molecule has 0 fully saturated rings. The van der Waals surface area contributed by atoms with E-state index in [0.717, 1.165) is 35.9 Å². The number of carbonyl (C=O) groups is 1. The van der Waals surface area contributed by atoms with Crippen molar-refractivity contribution < 1.29 is 9.53 Å². The Morgan fingerprint density at radius 3 is 2.86 bits per heavy atom. The lowest BCUT2D eigenvalue weighted by Crippen LogP contribution is -2.25. The fourth-order valence-electron chi connectivity index (χ4n) is 3.13. The van der Waals surface area contributed by atoms with Crippen molar-refractivity contribution in [3.05, 3.63) is 53.3 Å². The zero-order valence-electron chi connectivity index (χ0n) is 15.8. The number of alkyl carbamates (subject to hydrolysis) is 1. The van der Waals surface area contributed by atoms with Crippen LogP contribution in [0.4, 0.5) is 10.7 Å². The number of nitrogen functional groups attached to an aromatic ring is 1. The minimum Gasteiger partial charge on any atom is -0.445 e. The van der Waals surface area contributed by atoms with Gasteiger partial charge < -0.3 is 20.4 Å². The summed E-state index contributed by atoms with van der Waals surface area (Å²) >= 11 is 6.22. The molecule has 148 valence electrons. The molecule has 0 bridgehead atoms. The average Bonchev–Trinajstić information content (AvgIpc) is 3.04. The average molecular weight is 402 g/mol. The number of hydrogen-bond acceptors (Lipinski definition) is 5. The fourth-order valence-corrected chi connectivity index (χ4v) is 3.37. The van der Waals surface area contributed by atoms with Gasteiger partial charge in [0.25, 0.3) is 0 Å². The molecule has 28 heavy (non-hydrogen) atoms. The molecule has 1 aromatic carbocycles. The molecule has 2 heterocycles. The number of ether oxygens (including phenoxy) is 1. The van der Waals surface area contributed by atoms with E-state index in [0.29, 0.717) is 17.6 Å². The second-order valence-corrected chi connectivity index (χ2v) is 7.00. The predicted molar refractivity (Wildman–Crippen MR) is 110 cm³/mol. The van der Waals surface area contributed by atoms with Gasteiger partial charge in [-0.1, -0.05) is 41.9 Å². The van der Waals surface area contributed by atoms with Crippen molar-refractivity contribution in [3.8, 4) is 0 Å². The number of hydrogen-bond donors (Lipinski definition) is 2. The molecule has 3 aromatic rings. The highest BCUT2D eigenvalue weighted by Gasteiger charge is 2.16. The number of anilines is 1. The van der Waals surface area contributed by atoms with Crippen molar-refractivity contribution in [2.75, 3.05) is 12.3 Å². The highest BCUT2D eigenvalue weighted by Crippen LogP contribution is 2.29. The van der Waals surface area contributed by atoms with E-state index in [9.17, 15) is 4.79 Å². The van der Waals surface area contributed by atoms with Gasteiger partial charge in [-0.15, -0.1) is 0 Å². The van der Waals surface area contributed by atoms with E-state index in [4.69, 9.17) is 22.1 Å². The van der Waals surface area contributed by atoms with Crippen LogP contribution in [0.1, 0.15) is 37.8 Å². The molecule has 8 heteroatoms. The lowest BCUT2D eigenvalue weighted by molar-refractivity contribution is 0.139. The summed E-state index contributed by atoms with van der Waals surface area (Å²) in [7, 11) is 0. The Labute approximate surface area is 168 Å². The van der Waals surface area contributed by atoms with Crippen molar-refractivity contribution in [1.29, 1.82) is 0 Å². The monoisotopic (exact) mass is 401 g/mol. The third kappa shape index (κ3) is 4.92. The highest BCUT2D eigenvalue weighted by atomic mass is 35.5. The van der Waals surface area contributed by atoms with Gasteiger partial charge in [0.15, 0.2) is 5.15 Å². The molecule has 0 unspecified atom stereocenters. The smallest absolute Gasteiger partial charge is 0.407 e. The van der Waals surface area contributed by atoms with Crippen molar-refractivity contribution in [1.82, 2.24) is 19.9 Å². The number of nitrogens with two attached hydrogens (primary N) is 1. The molecule has 2 aromatic heterocycles. The van der Waals surface area contributed by atoms with Crippen LogP contribution in [0.25, 0.3) is 11.0 Å². The molecule has 0 aliphatic rings. The first-order valence-corrected chi connectivity index (χ1v) is 9.66. The molecule has 0 saturated carbocycles. The Balaban J connectivity index is 1.41. The molecule has 0 saturated heterocycles. The first kappa shape index (κ1) is 19.9. The lowest BCUT2D eigenvalue weighted by atomic mass is 10.1. The van der Waals surface area contributed by atoms with Gasteiger partial charge in [-0.25, -0.2) is 14.8 Å². The number of benzene rings is 1. The van der Waals surface area contributed by atoms with Crippen LogP contribution in [0, 0.1) is 0 Å². The molecule has 0 aliphatic carbocycles. The molecule has 0 aliphatic heterocycles. The van der Waals surface area contributed by atoms with E-state index in [1.165, 1.54) is 0 Å². The fraction of sp³-hybridized carbons (Fsp3) is 0.350. The number of fused-ring (bicyclic) bond motifs is 1. The van der Waals surface area contributed by atoms with Crippen molar-refractivity contribution >= 4 is 34.7 Å². The first-order valence-electron chi connectivity index (χ1n) is 9.28. The first-order chi connectivity index (χ1) is 13.6. The zero-order chi connectivity index (χ0) is 19.9. The number of pyridine rings is 1. The molecule has 0 spiro atoms. The van der Waals surface area contributed by atoms with E-state index < -0.39 is 6.09 Å². The third-order valence-electron chi connectivity index (χ3n) is 4.55. The van der Waals surface area contributed by atoms with E-state index in [2.05, 4.69) is 22.2 Å². The summed E-state index contributed by atoms with van der Waals surface area (Å²) < 4.78 is 7.11. The van der Waals surface area contributed by atoms with E-state index >= 15 is 0 Å². The summed E-state index contributed by atoms with van der Waals surface area (Å²) in [6.45, 7) is 2.90. The van der Waals surface area contributed by atoms with Crippen LogP contribution in [0.3, 0.4) is 0 Å². The van der Waals surface area contributed by atoms with Crippen LogP contribution in [-0.4, -0.2) is 27.2 Å². The number of rotatable bonds is 8. The van der Waals surface area contributed by atoms with Crippen LogP contribution in [0.2, 0.25) is 5.15 Å². The summed E-state index contributed by atoms with van der Waals surface area (Å²) in [4.78, 5) is 20.2. The number of imidazole rings is 1. The predicted octanol–water partition coefficient (Wildman–Crippen LogP) is 4.32. The number of halogens is 1. The van der Waals surface area contributed by atoms with Gasteiger partial charge in [0.05, 0.1) is 5.52 Å². The van der Waals surface area contributed by atoms with E-state index in [1.54, 1.807) is 12.3 Å². The Bertz CT molecular complexity index is 929. The molecule has 7 nitrogen and oxygen atoms in total. The molecular weight excluding hydrogens is 378 g/mol. The maximum atomic E-state index is 11.7. The Kier molecular flexibility index (Phi) is 6.71. The maximum absolute atomic E-state index is 11.7. The quantitative estimate of drug-likeness (QED) is 0.432. The second kappa shape index (κ2) is 9.41. The molecule has 3 N–H and O–H groups in total. The molecule has 1 atom stereocenters. The standard InChI is InChI=1S/C20H24ClN5O2/c1-14(26-17-16(25-19(26)22)10-12-23-18(17)21)7-5-6-11-24-20(27)28-13-15-8-3-2-4-9-15/h2-4,8-10,12,14H,5-7,11,13H2,1H3,(H2,22,25)(H,24,27)/t14-/m0/s1. The zero-order valence-corrected chi connectivity index (χ0v) is 16.5. The maximum Gasteiger partial charge on any atom is 0.407 e. The van der Waals surface area contributed by atoms with Gasteiger partial charge in [0, 0.05) is 18.8 Å². The number of aromatic nitrogens is 3. The number of amides is 1. The van der Waals surface area contributed by atoms with Crippen LogP contribution in [-0.2, 0) is 11.3 Å². The topological polar surface area (TPSA) is 95.1 Å². The Morgan fingerprint density at radius 1 is 1.29 bits per heavy atom. The summed E-state index contributed by atoms with van der Waals surface area (Å²) in [5.41, 5.74) is 8.53. The molecule has 0 radical (unpaired) electrons. The van der Waals surface area contributed by atoms with Gasteiger partial charge in [0.1, 0.15) is 12.1 Å². The molecular formula is C20H24ClN5O2. The van der Waals surface area contributed by atoms with Crippen molar-refractivity contribution in [2.45, 2.75) is 38.8 Å². The summed E-state index contributed by atoms with van der Waals surface area (Å²) in [5.74, 6) is 0.431. The van der Waals surface area contributed by atoms with Gasteiger partial charge in [-0.05, 0) is 37.8 Å². The van der Waals surface area contributed by atoms with Crippen LogP contribution < -0.4 is 11.1 Å². The number of nitrogens with zero attached hydrogens (tertiary/aromatic N) is 3. The summed E-state index contributed by atoms with van der Waals surface area (Å²) in [6.07, 6.45) is 3.84. The Morgan fingerprint density at radius 2 is 2.07 bits per heavy atom. The number of unbranched alkanes of at least 4 members (excludes halogenated alkanes) is 1. The summed E-state index contributed by atoms with van der Waals surface area (Å²) in [5, 5.41) is 3.17. The van der Waals surface area contributed by atoms with Crippen LogP contribution >= 0.6 is 11.6 Å². The van der Waals surface area contributed by atoms with Crippen LogP contribution in [0.5, 0.6) is 0 Å². The second-order valence-electron chi connectivity index (χ2n) is 6.64. The van der Waals surface area contributed by atoms with Gasteiger partial charge in [0.2, 0.25) is 5.95 Å². The van der Waals surface area contributed by atoms with Crippen LogP contribution in [0.15, 0.2) is 42.6 Å². The Hall–Kier alpha value is -2.80. The van der Waals surface area contributed by atoms with Gasteiger partial charge >= 0.3 is 6.09 Å². The van der Waals surface area contributed by atoms with Crippen molar-refractivity contribution in [2.24, 2.45) is 0 Å². The largest absolute Gasteiger partial charge is 0.445 e. The SMILES string of the molecule is C[C@@H](CCCCNC(=O)OCc1ccccc1)n1c(N)nc2ccnc(Cl)c21.